The maximum atomic E-state index is 13.4. The number of aryl methyl sites for hydroxylation is 2. The van der Waals surface area contributed by atoms with E-state index in [1.807, 2.05) is 0 Å². The Hall–Kier alpha value is -6.72. The monoisotopic (exact) mass is 1120 g/mol. The quantitative estimate of drug-likeness (QED) is 0.0260. The van der Waals surface area contributed by atoms with E-state index in [-0.39, 0.29) is 87.3 Å². The molecule has 4 N–H and O–H groups in total. The van der Waals surface area contributed by atoms with Crippen molar-refractivity contribution in [2.24, 2.45) is 25.4 Å². The number of halogens is 2. The Bertz CT molecular complexity index is 3830. The van der Waals surface area contributed by atoms with E-state index in [2.05, 4.69) is 30.8 Å². The van der Waals surface area contributed by atoms with Crippen molar-refractivity contribution < 1.29 is 55.5 Å². The molecule has 0 fully saturated rings. The molecule has 0 heterocycles. The number of phenolic OH excluding ortho intramolecular Hbond substituents is 1. The number of nitrogens with zero attached hydrogens (tertiary/aromatic N) is 5. The van der Waals surface area contributed by atoms with Crippen LogP contribution in [0.25, 0.3) is 21.5 Å². The van der Waals surface area contributed by atoms with Crippen molar-refractivity contribution in [2.45, 2.75) is 36.5 Å². The number of hydrogen-bond donors (Lipinski definition) is 4. The first-order chi connectivity index (χ1) is 35.3. The number of ether oxygens (including phenoxy) is 2. The molecule has 0 atom stereocenters. The van der Waals surface area contributed by atoms with Gasteiger partial charge in [0, 0.05) is 20.8 Å². The van der Waals surface area contributed by atoms with Gasteiger partial charge in [-0.2, -0.15) is 21.9 Å². The van der Waals surface area contributed by atoms with Gasteiger partial charge in [0.2, 0.25) is 0 Å². The molecule has 0 saturated carbocycles. The number of aliphatic imine (C=N–C) groups is 1. The molecule has 0 aromatic heterocycles. The first-order valence-corrected chi connectivity index (χ1v) is 25.7. The van der Waals surface area contributed by atoms with E-state index in [9.17, 15) is 46.1 Å². The second-order valence-corrected chi connectivity index (χ2v) is 19.4. The number of amides is 1. The zero-order valence-corrected chi connectivity index (χ0v) is 45.5. The number of hydrogen-bond acceptors (Lipinski definition) is 15. The zero-order chi connectivity index (χ0) is 53.5. The fourth-order valence-corrected chi connectivity index (χ4v) is 9.37. The van der Waals surface area contributed by atoms with Gasteiger partial charge < -0.3 is 30.1 Å². The van der Waals surface area contributed by atoms with Gasteiger partial charge in [-0.1, -0.05) is 116 Å². The number of methoxy groups -OCH3 is 2. The van der Waals surface area contributed by atoms with E-state index in [0.29, 0.717) is 62.7 Å². The average Bonchev–Trinajstić information content (AvgIpc) is 3.37. The van der Waals surface area contributed by atoms with Crippen LogP contribution in [0.5, 0.6) is 23.0 Å². The molecule has 23 heteroatoms. The van der Waals surface area contributed by atoms with Gasteiger partial charge in [0.15, 0.2) is 5.75 Å². The van der Waals surface area contributed by atoms with Crippen molar-refractivity contribution >= 4 is 149 Å². The molecule has 75 heavy (non-hydrogen) atoms. The van der Waals surface area contributed by atoms with E-state index >= 15 is 0 Å². The number of azo groups is 2. The smallest absolute Gasteiger partial charge is 0.871 e. The summed E-state index contributed by atoms with van der Waals surface area (Å²) in [7, 11) is -6.42. The van der Waals surface area contributed by atoms with Crippen LogP contribution in [0.3, 0.4) is 0 Å². The molecule has 8 aromatic rings. The van der Waals surface area contributed by atoms with E-state index in [1.54, 1.807) is 111 Å². The molecule has 0 radical (unpaired) electrons. The van der Waals surface area contributed by atoms with Crippen molar-refractivity contribution in [3.8, 4) is 23.0 Å². The third kappa shape index (κ3) is 13.2. The first kappa shape index (κ1) is 57.6. The normalized spacial score (nSPS) is 11.9. The number of aromatic hydroxyl groups is 1. The van der Waals surface area contributed by atoms with Crippen LogP contribution in [0, 0.1) is 0 Å². The van der Waals surface area contributed by atoms with Crippen LogP contribution in [-0.4, -0.2) is 94.8 Å². The molecule has 0 saturated heterocycles. The first-order valence-electron chi connectivity index (χ1n) is 22.0. The van der Waals surface area contributed by atoms with E-state index in [1.165, 1.54) is 50.6 Å². The van der Waals surface area contributed by atoms with Crippen LogP contribution in [0.15, 0.2) is 169 Å². The van der Waals surface area contributed by atoms with Crippen LogP contribution in [0.1, 0.15) is 40.9 Å². The average molecular weight is 1120 g/mol. The van der Waals surface area contributed by atoms with Gasteiger partial charge >= 0.3 is 37.7 Å². The number of carbonyl (C=O) groups is 1. The molecule has 0 aliphatic carbocycles. The summed E-state index contributed by atoms with van der Waals surface area (Å²) in [6.45, 7) is 3.55. The molecular weight excluding hydrogens is 1080 g/mol. The Balaban J connectivity index is 0.000000241. The molecule has 18 nitrogen and oxygen atoms in total. The largest absolute Gasteiger partial charge is 2.00 e. The van der Waals surface area contributed by atoms with Gasteiger partial charge in [-0.3, -0.25) is 18.9 Å². The Morgan fingerprint density at radius 1 is 0.613 bits per heavy atom. The zero-order valence-electron chi connectivity index (χ0n) is 40.1. The Labute approximate surface area is 470 Å². The van der Waals surface area contributed by atoms with Crippen molar-refractivity contribution in [1.82, 2.24) is 0 Å². The van der Waals surface area contributed by atoms with E-state index in [4.69, 9.17) is 32.7 Å². The van der Waals surface area contributed by atoms with Gasteiger partial charge in [0.1, 0.15) is 44.0 Å². The van der Waals surface area contributed by atoms with Crippen molar-refractivity contribution in [3.63, 3.8) is 0 Å². The predicted octanol–water partition coefficient (Wildman–Crippen LogP) is 11.5. The Morgan fingerprint density at radius 2 is 1.07 bits per heavy atom. The van der Waals surface area contributed by atoms with Crippen LogP contribution < -0.4 is 25.0 Å². The summed E-state index contributed by atoms with van der Waals surface area (Å²) in [5.41, 5.74) is 0.518. The fourth-order valence-electron chi connectivity index (χ4n) is 7.48. The minimum Gasteiger partial charge on any atom is -0.871 e. The topological polar surface area (TPSA) is 284 Å². The molecule has 8 rings (SSSR count). The number of para-hydroxylation sites is 4. The summed E-state index contributed by atoms with van der Waals surface area (Å²) >= 11 is 12.5. The molecule has 380 valence electrons. The standard InChI is InChI=1S/2C26H22ClN3O6S.Ca/c2*1-3-15-13-23(37(33,34)35)21(14-19(15)27)29-30-24-17-9-5-4-8-16(17)12-18(25(24)31)26(32)28-20-10-6-7-11-22(20)36-2;/h2*4-14,31H,3H2,1-2H3,(H,28,32)(H,33,34,35);/q;;+2/p-2. The number of fused-ring (bicyclic) bond motifs is 2. The number of nitrogens with one attached hydrogen (secondary N) is 1. The van der Waals surface area contributed by atoms with Gasteiger partial charge in [-0.25, -0.2) is 0 Å². The maximum Gasteiger partial charge on any atom is 2.00 e. The second-order valence-electron chi connectivity index (χ2n) is 15.8. The van der Waals surface area contributed by atoms with Gasteiger partial charge in [-0.15, -0.1) is 15.3 Å². The number of benzene rings is 8. The minimum absolute atomic E-state index is 0. The summed E-state index contributed by atoms with van der Waals surface area (Å²) in [5, 5.41) is 58.6. The molecule has 0 spiro atoms. The number of anilines is 1. The summed E-state index contributed by atoms with van der Waals surface area (Å²) in [5.74, 6) is -1.88. The fraction of sp³-hybridized carbons (Fsp3) is 0.115. The number of phenols is 1. The molecular formula is C52H42CaCl2N6O12S2. The van der Waals surface area contributed by atoms with Gasteiger partial charge in [0.05, 0.1) is 31.2 Å². The molecule has 0 bridgehead atoms. The summed E-state index contributed by atoms with van der Waals surface area (Å²) in [6.07, 6.45) is 0.835. The van der Waals surface area contributed by atoms with E-state index in [0.717, 1.165) is 0 Å². The third-order valence-corrected chi connectivity index (χ3v) is 13.7. The molecule has 1 amide bonds. The molecule has 0 aliphatic rings. The van der Waals surface area contributed by atoms with Crippen LogP contribution in [0.4, 0.5) is 34.1 Å². The van der Waals surface area contributed by atoms with E-state index < -0.39 is 53.3 Å². The van der Waals surface area contributed by atoms with Crippen molar-refractivity contribution in [1.29, 1.82) is 0 Å². The Morgan fingerprint density at radius 3 is 1.59 bits per heavy atom. The third-order valence-electron chi connectivity index (χ3n) is 11.2. The second kappa shape index (κ2) is 24.7. The van der Waals surface area contributed by atoms with Gasteiger partial charge in [-0.05, 0) is 107 Å². The summed E-state index contributed by atoms with van der Waals surface area (Å²) in [6, 6.07) is 34.8. The van der Waals surface area contributed by atoms with Crippen LogP contribution in [0.2, 0.25) is 10.0 Å². The minimum atomic E-state index is -4.67. The number of rotatable bonds is 14. The maximum absolute atomic E-state index is 13.4. The van der Waals surface area contributed by atoms with Crippen LogP contribution in [-0.2, 0) is 33.1 Å². The van der Waals surface area contributed by atoms with Crippen molar-refractivity contribution in [3.05, 3.63) is 166 Å². The van der Waals surface area contributed by atoms with Crippen LogP contribution >= 0.6 is 23.2 Å². The SMILES string of the molecule is CCc1cc(S(=O)(=O)O)c(N=Nc2c(O)c(C(=O)Nc3ccccc3OC)cc3ccccc23)cc1Cl.CCc1cc(S(=O)(=O)O)c(N=Nc2c([O-])c(C([O-])=Nc3ccccc3OC)cc3ccccc23)cc1Cl.[Ca+2]. The summed E-state index contributed by atoms with van der Waals surface area (Å²) < 4.78 is 77.8. The Kier molecular flexibility index (Phi) is 19.0. The molecule has 0 aliphatic heterocycles. The molecule has 8 aromatic carbocycles. The summed E-state index contributed by atoms with van der Waals surface area (Å²) in [4.78, 5) is 16.2. The predicted molar refractivity (Wildman–Crippen MR) is 285 cm³/mol. The molecule has 0 unspecified atom stereocenters. The van der Waals surface area contributed by atoms with Crippen molar-refractivity contribution in [2.75, 3.05) is 19.5 Å². The van der Waals surface area contributed by atoms with Gasteiger partial charge in [0.25, 0.3) is 26.1 Å². The number of carbonyl (C=O) groups excluding carboxylic acids is 1.